The van der Waals surface area contributed by atoms with Crippen molar-refractivity contribution in [3.63, 3.8) is 0 Å². The number of aromatic nitrogens is 1. The van der Waals surface area contributed by atoms with E-state index >= 15 is 0 Å². The molecule has 0 unspecified atom stereocenters. The SMILES string of the molecule is N[C@@H](O)[C@@H](O)CNC(=O)c1csc(SCC(=O)NC[C@H]2CN(Cc3ccc(Cl)c(Cl)c3)CCO2)n1. The predicted octanol–water partition coefficient (Wildman–Crippen LogP) is 0.927. The second kappa shape index (κ2) is 13.7. The quantitative estimate of drug-likeness (QED) is 0.198. The summed E-state index contributed by atoms with van der Waals surface area (Å²) in [6.45, 7) is 2.93. The number of amides is 2. The molecule has 192 valence electrons. The molecule has 1 fully saturated rings. The fourth-order valence-corrected chi connectivity index (χ4v) is 5.14. The van der Waals surface area contributed by atoms with Crippen molar-refractivity contribution >= 4 is 58.1 Å². The van der Waals surface area contributed by atoms with Gasteiger partial charge in [0.15, 0.2) is 4.34 Å². The van der Waals surface area contributed by atoms with Crippen LogP contribution in [0.5, 0.6) is 0 Å². The highest BCUT2D eigenvalue weighted by Gasteiger charge is 2.22. The van der Waals surface area contributed by atoms with Crippen LogP contribution in [0, 0.1) is 0 Å². The fourth-order valence-electron chi connectivity index (χ4n) is 3.19. The van der Waals surface area contributed by atoms with Crippen molar-refractivity contribution in [2.24, 2.45) is 5.73 Å². The van der Waals surface area contributed by atoms with E-state index in [1.807, 2.05) is 12.1 Å². The first-order valence-electron chi connectivity index (χ1n) is 10.7. The molecule has 2 heterocycles. The molecule has 0 aliphatic carbocycles. The molecule has 14 heteroatoms. The molecule has 0 saturated carbocycles. The Morgan fingerprint density at radius 2 is 2.11 bits per heavy atom. The Hall–Kier alpha value is -1.48. The van der Waals surface area contributed by atoms with E-state index in [4.69, 9.17) is 38.8 Å². The number of nitrogens with zero attached hydrogens (tertiary/aromatic N) is 2. The van der Waals surface area contributed by atoms with Gasteiger partial charge in [-0.1, -0.05) is 41.0 Å². The molecule has 10 nitrogen and oxygen atoms in total. The summed E-state index contributed by atoms with van der Waals surface area (Å²) in [4.78, 5) is 30.8. The number of thiazole rings is 1. The van der Waals surface area contributed by atoms with Crippen LogP contribution in [-0.4, -0.2) is 88.9 Å². The third kappa shape index (κ3) is 9.16. The lowest BCUT2D eigenvalue weighted by molar-refractivity contribution is -0.119. The molecule has 3 atom stereocenters. The zero-order valence-corrected chi connectivity index (χ0v) is 21.8. The molecule has 6 N–H and O–H groups in total. The third-order valence-corrected chi connectivity index (χ3v) is 7.81. The Morgan fingerprint density at radius 3 is 2.86 bits per heavy atom. The molecular formula is C21H27Cl2N5O5S2. The maximum absolute atomic E-state index is 12.3. The van der Waals surface area contributed by atoms with E-state index in [2.05, 4.69) is 20.5 Å². The Morgan fingerprint density at radius 1 is 1.31 bits per heavy atom. The summed E-state index contributed by atoms with van der Waals surface area (Å²) >= 11 is 14.5. The van der Waals surface area contributed by atoms with Crippen molar-refractivity contribution in [2.45, 2.75) is 29.3 Å². The van der Waals surface area contributed by atoms with Crippen molar-refractivity contribution in [3.8, 4) is 0 Å². The maximum Gasteiger partial charge on any atom is 0.270 e. The van der Waals surface area contributed by atoms with Crippen LogP contribution in [0.1, 0.15) is 16.1 Å². The van der Waals surface area contributed by atoms with Crippen molar-refractivity contribution in [3.05, 3.63) is 44.9 Å². The van der Waals surface area contributed by atoms with Gasteiger partial charge in [-0.15, -0.1) is 11.3 Å². The van der Waals surface area contributed by atoms with Crippen molar-refractivity contribution < 1.29 is 24.5 Å². The molecule has 2 amide bonds. The second-order valence-electron chi connectivity index (χ2n) is 7.84. The zero-order valence-electron chi connectivity index (χ0n) is 18.7. The summed E-state index contributed by atoms with van der Waals surface area (Å²) < 4.78 is 6.34. The lowest BCUT2D eigenvalue weighted by Gasteiger charge is -2.33. The highest BCUT2D eigenvalue weighted by Crippen LogP contribution is 2.24. The average Bonchev–Trinajstić information content (AvgIpc) is 3.31. The third-order valence-electron chi connectivity index (χ3n) is 5.05. The van der Waals surface area contributed by atoms with Gasteiger partial charge in [-0.3, -0.25) is 14.5 Å². The summed E-state index contributed by atoms with van der Waals surface area (Å²) in [5, 5.41) is 26.4. The molecule has 0 radical (unpaired) electrons. The molecule has 1 aromatic carbocycles. The van der Waals surface area contributed by atoms with E-state index < -0.39 is 18.2 Å². The first-order valence-corrected chi connectivity index (χ1v) is 13.4. The highest BCUT2D eigenvalue weighted by molar-refractivity contribution is 8.01. The zero-order chi connectivity index (χ0) is 25.4. The molecule has 1 saturated heterocycles. The van der Waals surface area contributed by atoms with E-state index in [9.17, 15) is 14.7 Å². The molecule has 1 aliphatic heterocycles. The fraction of sp³-hybridized carbons (Fsp3) is 0.476. The Balaban J connectivity index is 1.37. The van der Waals surface area contributed by atoms with Gasteiger partial charge in [0.25, 0.3) is 5.91 Å². The van der Waals surface area contributed by atoms with Crippen LogP contribution in [0.15, 0.2) is 27.9 Å². The Labute approximate surface area is 221 Å². The predicted molar refractivity (Wildman–Crippen MR) is 136 cm³/mol. The number of rotatable bonds is 11. The van der Waals surface area contributed by atoms with E-state index in [-0.39, 0.29) is 30.0 Å². The van der Waals surface area contributed by atoms with Crippen molar-refractivity contribution in [1.82, 2.24) is 20.5 Å². The standard InChI is InChI=1S/C21H27Cl2N5O5S2/c22-14-2-1-12(5-15(14)23)8-28-3-4-33-13(9-28)6-25-18(30)11-35-21-27-16(10-34-21)20(32)26-7-17(29)19(24)31/h1-2,5,10,13,17,19,29,31H,3-4,6-9,11,24H2,(H,25,30)(H,26,32)/t13-,17-,19-/m0/s1. The minimum absolute atomic E-state index is 0.127. The number of nitrogens with two attached hydrogens (primary N) is 1. The number of carbonyl (C=O) groups is 2. The molecule has 2 aromatic rings. The van der Waals surface area contributed by atoms with Gasteiger partial charge in [-0.05, 0) is 17.7 Å². The lowest BCUT2D eigenvalue weighted by atomic mass is 10.2. The highest BCUT2D eigenvalue weighted by atomic mass is 35.5. The first-order chi connectivity index (χ1) is 16.7. The normalized spacial score (nSPS) is 18.1. The Kier molecular flexibility index (Phi) is 11.0. The molecule has 0 bridgehead atoms. The summed E-state index contributed by atoms with van der Waals surface area (Å²) in [7, 11) is 0. The van der Waals surface area contributed by atoms with Gasteiger partial charge in [-0.2, -0.15) is 0 Å². The van der Waals surface area contributed by atoms with Crippen LogP contribution in [0.25, 0.3) is 0 Å². The van der Waals surface area contributed by atoms with Gasteiger partial charge in [-0.25, -0.2) is 4.98 Å². The van der Waals surface area contributed by atoms with Crippen LogP contribution in [0.3, 0.4) is 0 Å². The van der Waals surface area contributed by atoms with Gasteiger partial charge in [0.2, 0.25) is 5.91 Å². The van der Waals surface area contributed by atoms with Gasteiger partial charge in [0, 0.05) is 38.1 Å². The van der Waals surface area contributed by atoms with E-state index in [1.54, 1.807) is 11.4 Å². The van der Waals surface area contributed by atoms with Crippen LogP contribution in [0.2, 0.25) is 10.0 Å². The average molecular weight is 565 g/mol. The van der Waals surface area contributed by atoms with Crippen LogP contribution >= 0.6 is 46.3 Å². The summed E-state index contributed by atoms with van der Waals surface area (Å²) in [6.07, 6.45) is -2.84. The number of halogens is 2. The summed E-state index contributed by atoms with van der Waals surface area (Å²) in [5.41, 5.74) is 6.35. The number of aliphatic hydroxyl groups excluding tert-OH is 2. The molecule has 35 heavy (non-hydrogen) atoms. The van der Waals surface area contributed by atoms with Gasteiger partial charge in [0.1, 0.15) is 18.0 Å². The number of hydrogen-bond donors (Lipinski definition) is 5. The molecule has 0 spiro atoms. The number of ether oxygens (including phenoxy) is 1. The summed E-state index contributed by atoms with van der Waals surface area (Å²) in [6, 6.07) is 5.58. The topological polar surface area (TPSA) is 150 Å². The van der Waals surface area contributed by atoms with E-state index in [1.165, 1.54) is 23.1 Å². The lowest BCUT2D eigenvalue weighted by Crippen LogP contribution is -2.47. The molecular weight excluding hydrogens is 537 g/mol. The number of benzene rings is 1. The van der Waals surface area contributed by atoms with E-state index in [0.29, 0.717) is 40.6 Å². The van der Waals surface area contributed by atoms with E-state index in [0.717, 1.165) is 12.1 Å². The van der Waals surface area contributed by atoms with Crippen LogP contribution in [0.4, 0.5) is 0 Å². The minimum atomic E-state index is -1.44. The van der Waals surface area contributed by atoms with Gasteiger partial charge >= 0.3 is 0 Å². The van der Waals surface area contributed by atoms with Gasteiger partial charge < -0.3 is 31.3 Å². The minimum Gasteiger partial charge on any atom is -0.387 e. The summed E-state index contributed by atoms with van der Waals surface area (Å²) in [5.74, 6) is -0.523. The molecule has 1 aliphatic rings. The molecule has 3 rings (SSSR count). The number of carbonyl (C=O) groups excluding carboxylic acids is 2. The van der Waals surface area contributed by atoms with Crippen molar-refractivity contribution in [2.75, 3.05) is 38.5 Å². The number of nitrogens with one attached hydrogen (secondary N) is 2. The van der Waals surface area contributed by atoms with Gasteiger partial charge in [0.05, 0.1) is 28.5 Å². The van der Waals surface area contributed by atoms with Crippen LogP contribution < -0.4 is 16.4 Å². The number of aliphatic hydroxyl groups is 2. The smallest absolute Gasteiger partial charge is 0.270 e. The maximum atomic E-state index is 12.3. The molecule has 1 aromatic heterocycles. The van der Waals surface area contributed by atoms with Crippen molar-refractivity contribution in [1.29, 1.82) is 0 Å². The Bertz CT molecular complexity index is 1010. The number of morpholine rings is 1. The second-order valence-corrected chi connectivity index (χ2v) is 10.7. The van der Waals surface area contributed by atoms with Crippen LogP contribution in [-0.2, 0) is 16.1 Å². The first kappa shape index (κ1) is 28.1. The largest absolute Gasteiger partial charge is 0.387 e. The number of hydrogen-bond acceptors (Lipinski definition) is 10. The number of thioether (sulfide) groups is 1. The monoisotopic (exact) mass is 563 g/mol.